The van der Waals surface area contributed by atoms with Crippen LogP contribution in [0.4, 0.5) is 17.5 Å². The number of pyridine rings is 1. The number of nitrogens with one attached hydrogen (secondary N) is 2. The predicted molar refractivity (Wildman–Crippen MR) is 132 cm³/mol. The van der Waals surface area contributed by atoms with E-state index in [0.29, 0.717) is 28.4 Å². The summed E-state index contributed by atoms with van der Waals surface area (Å²) in [6.07, 6.45) is 7.88. The van der Waals surface area contributed by atoms with Crippen LogP contribution in [-0.2, 0) is 10.0 Å². The minimum absolute atomic E-state index is 0.0928. The van der Waals surface area contributed by atoms with E-state index < -0.39 is 16.0 Å². The number of H-pyrrole nitrogens is 1. The molecule has 10 nitrogen and oxygen atoms in total. The van der Waals surface area contributed by atoms with Crippen molar-refractivity contribution in [2.75, 3.05) is 22.4 Å². The molecule has 0 unspecified atom stereocenters. The minimum atomic E-state index is -3.50. The van der Waals surface area contributed by atoms with Gasteiger partial charge in [-0.25, -0.2) is 23.2 Å². The molecule has 3 N–H and O–H groups in total. The van der Waals surface area contributed by atoms with Gasteiger partial charge >= 0.3 is 5.97 Å². The Morgan fingerprint density at radius 2 is 1.94 bits per heavy atom. The quantitative estimate of drug-likeness (QED) is 0.348. The summed E-state index contributed by atoms with van der Waals surface area (Å²) in [4.78, 5) is 27.8. The molecule has 0 aliphatic carbocycles. The molecule has 3 aromatic heterocycles. The van der Waals surface area contributed by atoms with Crippen LogP contribution in [0.3, 0.4) is 0 Å². The highest BCUT2D eigenvalue weighted by Crippen LogP contribution is 2.25. The maximum absolute atomic E-state index is 12.2. The SMILES string of the molecule is CCN(c1ncccc1C=Cc1nc(Nc2ccccc2C(=O)O)nc2[nH]ccc12)S(C)(=O)=O. The molecule has 0 atom stereocenters. The molecule has 34 heavy (non-hydrogen) atoms. The molecule has 1 aromatic carbocycles. The average molecular weight is 479 g/mol. The van der Waals surface area contributed by atoms with E-state index in [1.807, 2.05) is 6.07 Å². The number of fused-ring (bicyclic) bond motifs is 1. The van der Waals surface area contributed by atoms with Crippen LogP contribution in [0.2, 0.25) is 0 Å². The van der Waals surface area contributed by atoms with Crippen molar-refractivity contribution in [1.29, 1.82) is 0 Å². The van der Waals surface area contributed by atoms with Crippen LogP contribution >= 0.6 is 0 Å². The monoisotopic (exact) mass is 478 g/mol. The van der Waals surface area contributed by atoms with Crippen molar-refractivity contribution in [3.63, 3.8) is 0 Å². The zero-order chi connectivity index (χ0) is 24.3. The first-order valence-corrected chi connectivity index (χ1v) is 12.2. The molecule has 174 valence electrons. The maximum atomic E-state index is 12.2. The first-order valence-electron chi connectivity index (χ1n) is 10.3. The standard InChI is InChI=1S/C23H22N6O4S/c1-3-29(34(2,32)33)21-15(7-6-13-25-21)10-11-19-16-12-14-24-20(16)28-23(27-19)26-18-9-5-4-8-17(18)22(30)31/h4-14H,3H2,1-2H3,(H,30,31)(H2,24,26,27,28). The van der Waals surface area contributed by atoms with E-state index in [1.54, 1.807) is 55.6 Å². The number of anilines is 3. The fraction of sp³-hybridized carbons (Fsp3) is 0.130. The van der Waals surface area contributed by atoms with Crippen LogP contribution in [0.15, 0.2) is 54.9 Å². The number of hydrogen-bond acceptors (Lipinski definition) is 7. The van der Waals surface area contributed by atoms with Crippen molar-refractivity contribution in [2.45, 2.75) is 6.92 Å². The number of nitrogens with zero attached hydrogens (tertiary/aromatic N) is 4. The summed E-state index contributed by atoms with van der Waals surface area (Å²) in [5, 5.41) is 13.2. The van der Waals surface area contributed by atoms with Crippen LogP contribution in [0.5, 0.6) is 0 Å². The van der Waals surface area contributed by atoms with Gasteiger partial charge in [-0.3, -0.25) is 4.31 Å². The number of rotatable bonds is 8. The number of aromatic amines is 1. The Balaban J connectivity index is 1.75. The van der Waals surface area contributed by atoms with Crippen molar-refractivity contribution in [1.82, 2.24) is 19.9 Å². The van der Waals surface area contributed by atoms with Gasteiger partial charge in [-0.1, -0.05) is 12.1 Å². The lowest BCUT2D eigenvalue weighted by atomic mass is 10.2. The minimum Gasteiger partial charge on any atom is -0.478 e. The largest absolute Gasteiger partial charge is 0.478 e. The molecule has 3 heterocycles. The molecule has 0 amide bonds. The maximum Gasteiger partial charge on any atom is 0.337 e. The molecule has 0 saturated carbocycles. The third-order valence-corrected chi connectivity index (χ3v) is 6.24. The molecule has 4 aromatic rings. The van der Waals surface area contributed by atoms with Gasteiger partial charge in [-0.2, -0.15) is 4.98 Å². The lowest BCUT2D eigenvalue weighted by Crippen LogP contribution is -2.30. The summed E-state index contributed by atoms with van der Waals surface area (Å²) in [7, 11) is -3.50. The third-order valence-electron chi connectivity index (χ3n) is 5.01. The summed E-state index contributed by atoms with van der Waals surface area (Å²) < 4.78 is 25.7. The molecule has 4 rings (SSSR count). The summed E-state index contributed by atoms with van der Waals surface area (Å²) >= 11 is 0. The zero-order valence-corrected chi connectivity index (χ0v) is 19.2. The topological polar surface area (TPSA) is 141 Å². The normalized spacial score (nSPS) is 11.7. The Kier molecular flexibility index (Phi) is 6.28. The number of aromatic carboxylic acids is 1. The molecule has 0 spiro atoms. The van der Waals surface area contributed by atoms with Gasteiger partial charge < -0.3 is 15.4 Å². The Labute approximate surface area is 196 Å². The van der Waals surface area contributed by atoms with E-state index in [2.05, 4.69) is 25.3 Å². The molecule has 0 aliphatic heterocycles. The van der Waals surface area contributed by atoms with E-state index in [4.69, 9.17) is 0 Å². The Morgan fingerprint density at radius 1 is 1.15 bits per heavy atom. The van der Waals surface area contributed by atoms with Crippen LogP contribution in [-0.4, -0.2) is 52.2 Å². The van der Waals surface area contributed by atoms with Gasteiger partial charge in [0.05, 0.1) is 23.2 Å². The van der Waals surface area contributed by atoms with E-state index in [1.165, 1.54) is 16.6 Å². The van der Waals surface area contributed by atoms with E-state index in [9.17, 15) is 18.3 Å². The molecule has 11 heteroatoms. The Bertz CT molecular complexity index is 1500. The first kappa shape index (κ1) is 22.9. The molecule has 0 saturated heterocycles. The van der Waals surface area contributed by atoms with E-state index in [-0.39, 0.29) is 18.1 Å². The Morgan fingerprint density at radius 3 is 2.68 bits per heavy atom. The lowest BCUT2D eigenvalue weighted by Gasteiger charge is -2.20. The zero-order valence-electron chi connectivity index (χ0n) is 18.4. The van der Waals surface area contributed by atoms with E-state index >= 15 is 0 Å². The molecular weight excluding hydrogens is 456 g/mol. The summed E-state index contributed by atoms with van der Waals surface area (Å²) in [6, 6.07) is 11.8. The fourth-order valence-electron chi connectivity index (χ4n) is 3.50. The van der Waals surface area contributed by atoms with Gasteiger partial charge in [0, 0.05) is 29.9 Å². The smallest absolute Gasteiger partial charge is 0.337 e. The number of aromatic nitrogens is 4. The summed E-state index contributed by atoms with van der Waals surface area (Å²) in [5.41, 5.74) is 2.16. The van der Waals surface area contributed by atoms with Crippen molar-refractivity contribution in [2.24, 2.45) is 0 Å². The number of carboxylic acids is 1. The van der Waals surface area contributed by atoms with Crippen LogP contribution in [0.1, 0.15) is 28.5 Å². The summed E-state index contributed by atoms with van der Waals surface area (Å²) in [5.74, 6) is -0.544. The predicted octanol–water partition coefficient (Wildman–Crippen LogP) is 3.75. The highest BCUT2D eigenvalue weighted by Gasteiger charge is 2.19. The molecular formula is C23H22N6O4S. The number of hydrogen-bond donors (Lipinski definition) is 3. The number of benzene rings is 1. The lowest BCUT2D eigenvalue weighted by molar-refractivity contribution is 0.0698. The van der Waals surface area contributed by atoms with Crippen LogP contribution in [0, 0.1) is 0 Å². The van der Waals surface area contributed by atoms with Crippen LogP contribution in [0.25, 0.3) is 23.2 Å². The average Bonchev–Trinajstić information content (AvgIpc) is 3.27. The number of carbonyl (C=O) groups is 1. The van der Waals surface area contributed by atoms with Crippen molar-refractivity contribution < 1.29 is 18.3 Å². The van der Waals surface area contributed by atoms with Gasteiger partial charge in [0.15, 0.2) is 0 Å². The van der Waals surface area contributed by atoms with Gasteiger partial charge in [0.25, 0.3) is 0 Å². The third kappa shape index (κ3) is 4.74. The van der Waals surface area contributed by atoms with Crippen molar-refractivity contribution in [3.8, 4) is 0 Å². The highest BCUT2D eigenvalue weighted by molar-refractivity contribution is 7.92. The number of carboxylic acid groups (broad SMARTS) is 1. The van der Waals surface area contributed by atoms with Crippen molar-refractivity contribution >= 4 is 56.6 Å². The van der Waals surface area contributed by atoms with Crippen molar-refractivity contribution in [3.05, 3.63) is 71.7 Å². The number of sulfonamides is 1. The first-order chi connectivity index (χ1) is 16.3. The second kappa shape index (κ2) is 9.32. The second-order valence-electron chi connectivity index (χ2n) is 7.33. The molecule has 0 aliphatic rings. The second-order valence-corrected chi connectivity index (χ2v) is 9.23. The van der Waals surface area contributed by atoms with Crippen LogP contribution < -0.4 is 9.62 Å². The molecule has 0 radical (unpaired) electrons. The molecule has 0 bridgehead atoms. The highest BCUT2D eigenvalue weighted by atomic mass is 32.2. The number of para-hydroxylation sites is 1. The van der Waals surface area contributed by atoms with Gasteiger partial charge in [0.2, 0.25) is 16.0 Å². The Hall–Kier alpha value is -4.25. The van der Waals surface area contributed by atoms with Gasteiger partial charge in [0.1, 0.15) is 11.5 Å². The van der Waals surface area contributed by atoms with Gasteiger partial charge in [-0.15, -0.1) is 0 Å². The molecule has 0 fully saturated rings. The summed E-state index contributed by atoms with van der Waals surface area (Å²) in [6.45, 7) is 1.98. The van der Waals surface area contributed by atoms with Gasteiger partial charge in [-0.05, 0) is 49.4 Å². The van der Waals surface area contributed by atoms with E-state index in [0.717, 1.165) is 11.6 Å². The fourth-order valence-corrected chi connectivity index (χ4v) is 4.44.